The van der Waals surface area contributed by atoms with Gasteiger partial charge in [0.15, 0.2) is 0 Å². The fourth-order valence-electron chi connectivity index (χ4n) is 3.69. The molecule has 10 heteroatoms. The number of rotatable bonds is 13. The minimum Gasteiger partial charge on any atom is -0.464 e. The topological polar surface area (TPSA) is 127 Å². The van der Waals surface area contributed by atoms with Gasteiger partial charge in [-0.1, -0.05) is 27.7 Å². The zero-order chi connectivity index (χ0) is 25.4. The van der Waals surface area contributed by atoms with Crippen molar-refractivity contribution in [1.29, 1.82) is 0 Å². The third-order valence-electron chi connectivity index (χ3n) is 5.27. The Morgan fingerprint density at radius 3 is 1.21 bits per heavy atom. The van der Waals surface area contributed by atoms with Gasteiger partial charge in [0.05, 0.1) is 13.2 Å². The summed E-state index contributed by atoms with van der Waals surface area (Å²) in [4.78, 5) is 74.8. The molecule has 2 unspecified atom stereocenters. The lowest BCUT2D eigenvalue weighted by Gasteiger charge is -2.26. The van der Waals surface area contributed by atoms with Gasteiger partial charge in [0.25, 0.3) is 23.6 Å². The number of esters is 2. The van der Waals surface area contributed by atoms with Gasteiger partial charge in [0.1, 0.15) is 12.1 Å². The molecule has 2 heterocycles. The van der Waals surface area contributed by atoms with E-state index in [1.165, 1.54) is 0 Å². The van der Waals surface area contributed by atoms with Gasteiger partial charge in [-0.05, 0) is 37.5 Å². The zero-order valence-corrected chi connectivity index (χ0v) is 20.0. The molecule has 0 spiro atoms. The standard InChI is InChI=1S/C24H32N2O8/c1-15(2)13-17(25-19(27)7-8-20(25)28)23(31)33-11-5-6-12-34-24(32)18(14-16(3)4)26-21(29)9-10-22(26)30/h7-10,15-18H,5-6,11-14H2,1-4H3. The van der Waals surface area contributed by atoms with Crippen LogP contribution in [0, 0.1) is 11.8 Å². The highest BCUT2D eigenvalue weighted by atomic mass is 16.5. The normalized spacial score (nSPS) is 17.4. The van der Waals surface area contributed by atoms with Gasteiger partial charge in [-0.3, -0.25) is 29.0 Å². The number of carbonyl (C=O) groups is 6. The van der Waals surface area contributed by atoms with Crippen LogP contribution >= 0.6 is 0 Å². The van der Waals surface area contributed by atoms with Crippen LogP contribution < -0.4 is 0 Å². The molecule has 186 valence electrons. The quantitative estimate of drug-likeness (QED) is 0.222. The largest absolute Gasteiger partial charge is 0.464 e. The van der Waals surface area contributed by atoms with Crippen molar-refractivity contribution >= 4 is 35.6 Å². The summed E-state index contributed by atoms with van der Waals surface area (Å²) in [7, 11) is 0. The summed E-state index contributed by atoms with van der Waals surface area (Å²) in [6, 6.07) is -1.98. The predicted octanol–water partition coefficient (Wildman–Crippen LogP) is 1.53. The van der Waals surface area contributed by atoms with Crippen molar-refractivity contribution in [3.05, 3.63) is 24.3 Å². The Labute approximate surface area is 198 Å². The summed E-state index contributed by atoms with van der Waals surface area (Å²) in [5.41, 5.74) is 0. The van der Waals surface area contributed by atoms with Crippen LogP contribution in [0.2, 0.25) is 0 Å². The van der Waals surface area contributed by atoms with Crippen LogP contribution in [0.25, 0.3) is 0 Å². The molecule has 0 aromatic carbocycles. The monoisotopic (exact) mass is 476 g/mol. The number of unbranched alkanes of at least 4 members (excludes halogenated alkanes) is 1. The van der Waals surface area contributed by atoms with E-state index in [1.54, 1.807) is 0 Å². The zero-order valence-electron chi connectivity index (χ0n) is 20.0. The van der Waals surface area contributed by atoms with E-state index < -0.39 is 47.7 Å². The Hall–Kier alpha value is -3.30. The van der Waals surface area contributed by atoms with Crippen molar-refractivity contribution in [3.8, 4) is 0 Å². The van der Waals surface area contributed by atoms with Crippen LogP contribution in [-0.4, -0.2) is 70.7 Å². The molecule has 0 aliphatic carbocycles. The summed E-state index contributed by atoms with van der Waals surface area (Å²) in [6.07, 6.45) is 5.85. The van der Waals surface area contributed by atoms with Crippen molar-refractivity contribution in [2.75, 3.05) is 13.2 Å². The molecule has 34 heavy (non-hydrogen) atoms. The first-order chi connectivity index (χ1) is 16.0. The van der Waals surface area contributed by atoms with Crippen molar-refractivity contribution in [2.45, 2.75) is 65.5 Å². The maximum atomic E-state index is 12.5. The molecular formula is C24H32N2O8. The first kappa shape index (κ1) is 26.9. The van der Waals surface area contributed by atoms with Crippen molar-refractivity contribution in [1.82, 2.24) is 9.80 Å². The second-order valence-electron chi connectivity index (χ2n) is 9.09. The van der Waals surface area contributed by atoms with Crippen LogP contribution in [0.15, 0.2) is 24.3 Å². The van der Waals surface area contributed by atoms with Crippen molar-refractivity contribution in [2.24, 2.45) is 11.8 Å². The van der Waals surface area contributed by atoms with E-state index in [4.69, 9.17) is 9.47 Å². The molecule has 10 nitrogen and oxygen atoms in total. The molecular weight excluding hydrogens is 444 g/mol. The fourth-order valence-corrected chi connectivity index (χ4v) is 3.69. The molecule has 0 aromatic rings. The number of ether oxygens (including phenoxy) is 2. The molecule has 0 saturated carbocycles. The number of imide groups is 2. The Balaban J connectivity index is 1.79. The van der Waals surface area contributed by atoms with Gasteiger partial charge in [0, 0.05) is 24.3 Å². The Morgan fingerprint density at radius 1 is 0.647 bits per heavy atom. The second-order valence-corrected chi connectivity index (χ2v) is 9.09. The first-order valence-corrected chi connectivity index (χ1v) is 11.5. The Kier molecular flexibility index (Phi) is 9.70. The molecule has 0 radical (unpaired) electrons. The van der Waals surface area contributed by atoms with Crippen LogP contribution in [0.5, 0.6) is 0 Å². The number of amides is 4. The van der Waals surface area contributed by atoms with Crippen LogP contribution in [0.4, 0.5) is 0 Å². The summed E-state index contributed by atoms with van der Waals surface area (Å²) in [5, 5.41) is 0. The van der Waals surface area contributed by atoms with Gasteiger partial charge in [-0.2, -0.15) is 0 Å². The number of hydrogen-bond donors (Lipinski definition) is 0. The molecule has 0 fully saturated rings. The van der Waals surface area contributed by atoms with E-state index in [1.807, 2.05) is 27.7 Å². The van der Waals surface area contributed by atoms with Gasteiger partial charge < -0.3 is 9.47 Å². The van der Waals surface area contributed by atoms with Gasteiger partial charge in [-0.15, -0.1) is 0 Å². The molecule has 0 N–H and O–H groups in total. The molecule has 2 aliphatic heterocycles. The summed E-state index contributed by atoms with van der Waals surface area (Å²) in [5.74, 6) is -3.37. The Bertz CT molecular complexity index is 781. The fraction of sp³-hybridized carbons (Fsp3) is 0.583. The highest BCUT2D eigenvalue weighted by molar-refractivity contribution is 6.15. The van der Waals surface area contributed by atoms with E-state index in [2.05, 4.69) is 0 Å². The average Bonchev–Trinajstić information content (AvgIpc) is 3.26. The molecule has 2 rings (SSSR count). The van der Waals surface area contributed by atoms with Gasteiger partial charge in [-0.25, -0.2) is 9.59 Å². The lowest BCUT2D eigenvalue weighted by Crippen LogP contribution is -2.46. The van der Waals surface area contributed by atoms with E-state index in [9.17, 15) is 28.8 Å². The lowest BCUT2D eigenvalue weighted by molar-refractivity contribution is -0.159. The third-order valence-corrected chi connectivity index (χ3v) is 5.27. The molecule has 2 atom stereocenters. The molecule has 2 aliphatic rings. The number of carbonyl (C=O) groups excluding carboxylic acids is 6. The van der Waals surface area contributed by atoms with Gasteiger partial charge in [0.2, 0.25) is 0 Å². The van der Waals surface area contributed by atoms with Crippen LogP contribution in [-0.2, 0) is 38.2 Å². The average molecular weight is 477 g/mol. The summed E-state index contributed by atoms with van der Waals surface area (Å²) < 4.78 is 10.5. The third kappa shape index (κ3) is 7.10. The minimum absolute atomic E-state index is 0.0249. The van der Waals surface area contributed by atoms with Crippen molar-refractivity contribution in [3.63, 3.8) is 0 Å². The van der Waals surface area contributed by atoms with Crippen LogP contribution in [0.1, 0.15) is 53.4 Å². The summed E-state index contributed by atoms with van der Waals surface area (Å²) >= 11 is 0. The minimum atomic E-state index is -0.992. The lowest BCUT2D eigenvalue weighted by atomic mass is 10.0. The SMILES string of the molecule is CC(C)CC(C(=O)OCCCCOC(=O)C(CC(C)C)N1C(=O)C=CC1=O)N1C(=O)C=CC1=O. The van der Waals surface area contributed by atoms with E-state index >= 15 is 0 Å². The second kappa shape index (κ2) is 12.2. The maximum Gasteiger partial charge on any atom is 0.329 e. The molecule has 4 amide bonds. The highest BCUT2D eigenvalue weighted by Crippen LogP contribution is 2.19. The van der Waals surface area contributed by atoms with E-state index in [0.29, 0.717) is 12.8 Å². The number of nitrogens with zero attached hydrogens (tertiary/aromatic N) is 2. The molecule has 0 saturated heterocycles. The predicted molar refractivity (Wildman–Crippen MR) is 120 cm³/mol. The smallest absolute Gasteiger partial charge is 0.329 e. The number of hydrogen-bond acceptors (Lipinski definition) is 8. The first-order valence-electron chi connectivity index (χ1n) is 11.5. The van der Waals surface area contributed by atoms with E-state index in [-0.39, 0.29) is 37.9 Å². The van der Waals surface area contributed by atoms with Crippen LogP contribution in [0.3, 0.4) is 0 Å². The maximum absolute atomic E-state index is 12.5. The molecule has 0 aromatic heterocycles. The van der Waals surface area contributed by atoms with Gasteiger partial charge >= 0.3 is 11.9 Å². The van der Waals surface area contributed by atoms with Crippen molar-refractivity contribution < 1.29 is 38.2 Å². The van der Waals surface area contributed by atoms with E-state index in [0.717, 1.165) is 34.1 Å². The summed E-state index contributed by atoms with van der Waals surface area (Å²) in [6.45, 7) is 7.55. The highest BCUT2D eigenvalue weighted by Gasteiger charge is 2.38. The molecule has 0 bridgehead atoms. The Morgan fingerprint density at radius 2 is 0.941 bits per heavy atom.